The fourth-order valence-electron chi connectivity index (χ4n) is 2.82. The first-order chi connectivity index (χ1) is 14.2. The summed E-state index contributed by atoms with van der Waals surface area (Å²) in [5.74, 6) is 0.739. The fourth-order valence-corrected chi connectivity index (χ4v) is 2.82. The molecule has 1 N–H and O–H groups in total. The zero-order chi connectivity index (χ0) is 20.5. The highest BCUT2D eigenvalue weighted by molar-refractivity contribution is 6.20. The standard InChI is InChI=1S/C24H22O5/c1-27-22-14-8-11-19(17-21(24(25)26)18-9-4-2-5-10-18)23(22)29-16-15-28-20-12-6-3-7-13-20/h2-14,17H,15-16H2,1H3,(H,25,26)/b21-17-. The van der Waals surface area contributed by atoms with Gasteiger partial charge >= 0.3 is 5.97 Å². The van der Waals surface area contributed by atoms with Crippen molar-refractivity contribution in [3.63, 3.8) is 0 Å². The second-order valence-electron chi connectivity index (χ2n) is 6.12. The van der Waals surface area contributed by atoms with E-state index in [9.17, 15) is 9.90 Å². The molecule has 0 radical (unpaired) electrons. The predicted molar refractivity (Wildman–Crippen MR) is 112 cm³/mol. The molecular formula is C24H22O5. The third kappa shape index (κ3) is 5.39. The summed E-state index contributed by atoms with van der Waals surface area (Å²) in [5.41, 5.74) is 1.40. The van der Waals surface area contributed by atoms with Gasteiger partial charge in [-0.1, -0.05) is 60.7 Å². The van der Waals surface area contributed by atoms with E-state index in [4.69, 9.17) is 14.2 Å². The molecule has 0 fully saturated rings. The molecule has 0 saturated carbocycles. The highest BCUT2D eigenvalue weighted by Crippen LogP contribution is 2.34. The lowest BCUT2D eigenvalue weighted by Crippen LogP contribution is -2.10. The third-order valence-electron chi connectivity index (χ3n) is 4.19. The van der Waals surface area contributed by atoms with Crippen LogP contribution in [-0.2, 0) is 4.79 Å². The lowest BCUT2D eigenvalue weighted by molar-refractivity contribution is -0.130. The van der Waals surface area contributed by atoms with Gasteiger partial charge in [0.1, 0.15) is 19.0 Å². The van der Waals surface area contributed by atoms with Crippen LogP contribution in [0.5, 0.6) is 17.2 Å². The maximum Gasteiger partial charge on any atom is 0.336 e. The molecule has 0 heterocycles. The smallest absolute Gasteiger partial charge is 0.336 e. The molecule has 0 amide bonds. The van der Waals surface area contributed by atoms with Crippen molar-refractivity contribution in [2.24, 2.45) is 0 Å². The molecule has 3 aromatic rings. The molecule has 0 saturated heterocycles. The molecule has 0 spiro atoms. The number of para-hydroxylation sites is 2. The molecule has 148 valence electrons. The van der Waals surface area contributed by atoms with Gasteiger partial charge in [0, 0.05) is 5.56 Å². The fraction of sp³-hybridized carbons (Fsp3) is 0.125. The summed E-state index contributed by atoms with van der Waals surface area (Å²) in [6.45, 7) is 0.625. The quantitative estimate of drug-likeness (QED) is 0.324. The number of hydrogen-bond donors (Lipinski definition) is 1. The van der Waals surface area contributed by atoms with E-state index >= 15 is 0 Å². The number of carboxylic acid groups (broad SMARTS) is 1. The van der Waals surface area contributed by atoms with Crippen LogP contribution in [0.2, 0.25) is 0 Å². The van der Waals surface area contributed by atoms with E-state index in [-0.39, 0.29) is 12.2 Å². The van der Waals surface area contributed by atoms with Crippen molar-refractivity contribution in [3.8, 4) is 17.2 Å². The van der Waals surface area contributed by atoms with Crippen LogP contribution in [0.1, 0.15) is 11.1 Å². The molecule has 29 heavy (non-hydrogen) atoms. The van der Waals surface area contributed by atoms with Crippen LogP contribution in [0.3, 0.4) is 0 Å². The third-order valence-corrected chi connectivity index (χ3v) is 4.19. The lowest BCUT2D eigenvalue weighted by Gasteiger charge is -2.14. The van der Waals surface area contributed by atoms with Crippen LogP contribution in [0.15, 0.2) is 78.9 Å². The van der Waals surface area contributed by atoms with E-state index in [0.29, 0.717) is 29.2 Å². The summed E-state index contributed by atoms with van der Waals surface area (Å²) in [6, 6.07) is 23.8. The Hall–Kier alpha value is -3.73. The Balaban J connectivity index is 1.82. The van der Waals surface area contributed by atoms with Crippen molar-refractivity contribution < 1.29 is 24.1 Å². The Labute approximate surface area is 169 Å². The van der Waals surface area contributed by atoms with E-state index in [1.54, 1.807) is 55.7 Å². The van der Waals surface area contributed by atoms with Gasteiger partial charge in [-0.3, -0.25) is 0 Å². The van der Waals surface area contributed by atoms with E-state index in [0.717, 1.165) is 5.75 Å². The van der Waals surface area contributed by atoms with Gasteiger partial charge in [-0.05, 0) is 29.8 Å². The normalized spacial score (nSPS) is 11.0. The molecular weight excluding hydrogens is 368 g/mol. The average Bonchev–Trinajstić information content (AvgIpc) is 2.76. The van der Waals surface area contributed by atoms with Gasteiger partial charge in [-0.15, -0.1) is 0 Å². The van der Waals surface area contributed by atoms with Gasteiger partial charge in [-0.2, -0.15) is 0 Å². The molecule has 0 unspecified atom stereocenters. The van der Waals surface area contributed by atoms with Gasteiger partial charge in [0.05, 0.1) is 12.7 Å². The maximum atomic E-state index is 11.8. The number of hydrogen-bond acceptors (Lipinski definition) is 4. The minimum atomic E-state index is -1.02. The van der Waals surface area contributed by atoms with Gasteiger partial charge in [0.15, 0.2) is 11.5 Å². The molecule has 5 nitrogen and oxygen atoms in total. The molecule has 0 atom stereocenters. The highest BCUT2D eigenvalue weighted by Gasteiger charge is 2.14. The van der Waals surface area contributed by atoms with Crippen molar-refractivity contribution in [3.05, 3.63) is 90.0 Å². The Morgan fingerprint density at radius 2 is 1.52 bits per heavy atom. The molecule has 0 aromatic heterocycles. The number of carbonyl (C=O) groups is 1. The highest BCUT2D eigenvalue weighted by atomic mass is 16.5. The zero-order valence-electron chi connectivity index (χ0n) is 16.1. The van der Waals surface area contributed by atoms with Gasteiger partial charge in [0.25, 0.3) is 0 Å². The SMILES string of the molecule is COc1cccc(/C=C(\C(=O)O)c2ccccc2)c1OCCOc1ccccc1. The lowest BCUT2D eigenvalue weighted by atomic mass is 10.0. The van der Waals surface area contributed by atoms with Crippen molar-refractivity contribution in [1.29, 1.82) is 0 Å². The van der Waals surface area contributed by atoms with Crippen LogP contribution in [0.4, 0.5) is 0 Å². The monoisotopic (exact) mass is 390 g/mol. The number of ether oxygens (including phenoxy) is 3. The molecule has 0 bridgehead atoms. The second-order valence-corrected chi connectivity index (χ2v) is 6.12. The van der Waals surface area contributed by atoms with Crippen molar-refractivity contribution >= 4 is 17.6 Å². The first kappa shape index (κ1) is 20.0. The van der Waals surface area contributed by atoms with Gasteiger partial charge < -0.3 is 19.3 Å². The van der Waals surface area contributed by atoms with Crippen molar-refractivity contribution in [1.82, 2.24) is 0 Å². The molecule has 3 aromatic carbocycles. The Kier molecular flexibility index (Phi) is 6.90. The number of rotatable bonds is 9. The zero-order valence-corrected chi connectivity index (χ0v) is 16.1. The Morgan fingerprint density at radius 3 is 2.17 bits per heavy atom. The van der Waals surface area contributed by atoms with Crippen LogP contribution in [0, 0.1) is 0 Å². The maximum absolute atomic E-state index is 11.8. The Morgan fingerprint density at radius 1 is 0.862 bits per heavy atom. The molecule has 0 aliphatic rings. The molecule has 0 aliphatic carbocycles. The van der Waals surface area contributed by atoms with Crippen LogP contribution < -0.4 is 14.2 Å². The number of methoxy groups -OCH3 is 1. The summed E-state index contributed by atoms with van der Waals surface area (Å²) in [7, 11) is 1.55. The minimum absolute atomic E-state index is 0.171. The van der Waals surface area contributed by atoms with Crippen LogP contribution in [0.25, 0.3) is 11.6 Å². The predicted octanol–water partition coefficient (Wildman–Crippen LogP) is 4.78. The molecule has 3 rings (SSSR count). The molecule has 5 heteroatoms. The largest absolute Gasteiger partial charge is 0.493 e. The summed E-state index contributed by atoms with van der Waals surface area (Å²) < 4.78 is 17.0. The number of carboxylic acids is 1. The van der Waals surface area contributed by atoms with Gasteiger partial charge in [0.2, 0.25) is 0 Å². The first-order valence-electron chi connectivity index (χ1n) is 9.17. The van der Waals surface area contributed by atoms with Crippen LogP contribution >= 0.6 is 0 Å². The average molecular weight is 390 g/mol. The summed E-state index contributed by atoms with van der Waals surface area (Å²) in [6.07, 6.45) is 1.59. The van der Waals surface area contributed by atoms with E-state index in [2.05, 4.69) is 0 Å². The van der Waals surface area contributed by atoms with Crippen molar-refractivity contribution in [2.45, 2.75) is 0 Å². The van der Waals surface area contributed by atoms with E-state index in [1.165, 1.54) is 0 Å². The second kappa shape index (κ2) is 9.99. The minimum Gasteiger partial charge on any atom is -0.493 e. The van der Waals surface area contributed by atoms with Gasteiger partial charge in [-0.25, -0.2) is 4.79 Å². The first-order valence-corrected chi connectivity index (χ1v) is 9.17. The topological polar surface area (TPSA) is 65.0 Å². The summed E-state index contributed by atoms with van der Waals surface area (Å²) >= 11 is 0. The van der Waals surface area contributed by atoms with E-state index in [1.807, 2.05) is 36.4 Å². The molecule has 0 aliphatic heterocycles. The summed E-state index contributed by atoms with van der Waals surface area (Å²) in [4.78, 5) is 11.8. The number of benzene rings is 3. The van der Waals surface area contributed by atoms with E-state index < -0.39 is 5.97 Å². The number of aliphatic carboxylic acids is 1. The van der Waals surface area contributed by atoms with Crippen LogP contribution in [-0.4, -0.2) is 31.4 Å². The Bertz CT molecular complexity index is 965. The van der Waals surface area contributed by atoms with Crippen molar-refractivity contribution in [2.75, 3.05) is 20.3 Å². The summed E-state index contributed by atoms with van der Waals surface area (Å²) in [5, 5.41) is 9.69.